The van der Waals surface area contributed by atoms with Crippen LogP contribution in [0.25, 0.3) is 0 Å². The average molecular weight is 377 g/mol. The van der Waals surface area contributed by atoms with Gasteiger partial charge in [0.25, 0.3) is 0 Å². The van der Waals surface area contributed by atoms with Crippen LogP contribution in [0.2, 0.25) is 0 Å². The van der Waals surface area contributed by atoms with Crippen molar-refractivity contribution in [2.45, 2.75) is 26.8 Å². The second-order valence-electron chi connectivity index (χ2n) is 6.36. The molecule has 0 aliphatic heterocycles. The highest BCUT2D eigenvalue weighted by atomic mass is 16.5. The van der Waals surface area contributed by atoms with Crippen LogP contribution < -0.4 is 19.5 Å². The molecule has 3 aromatic carbocycles. The molecule has 0 bridgehead atoms. The molecule has 3 aromatic rings. The van der Waals surface area contributed by atoms with E-state index in [1.54, 1.807) is 0 Å². The van der Waals surface area contributed by atoms with Gasteiger partial charge in [-0.2, -0.15) is 0 Å². The second-order valence-corrected chi connectivity index (χ2v) is 6.36. The van der Waals surface area contributed by atoms with Crippen LogP contribution in [0.15, 0.2) is 72.8 Å². The van der Waals surface area contributed by atoms with E-state index in [2.05, 4.69) is 18.3 Å². The molecule has 0 spiro atoms. The highest BCUT2D eigenvalue weighted by Gasteiger charge is 2.07. The third-order valence-corrected chi connectivity index (χ3v) is 4.10. The lowest BCUT2D eigenvalue weighted by Crippen LogP contribution is -2.03. The molecule has 0 aliphatic rings. The van der Waals surface area contributed by atoms with Crippen molar-refractivity contribution in [1.29, 1.82) is 0 Å². The summed E-state index contributed by atoms with van der Waals surface area (Å²) in [4.78, 5) is 0. The Labute approximate surface area is 167 Å². The fraction of sp³-hybridized carbons (Fsp3) is 0.250. The van der Waals surface area contributed by atoms with Crippen LogP contribution in [0.4, 0.5) is 5.69 Å². The lowest BCUT2D eigenvalue weighted by molar-refractivity contribution is 0.276. The minimum Gasteiger partial charge on any atom is -0.490 e. The maximum Gasteiger partial charge on any atom is 0.161 e. The molecule has 4 nitrogen and oxygen atoms in total. The van der Waals surface area contributed by atoms with Crippen molar-refractivity contribution in [1.82, 2.24) is 0 Å². The molecule has 3 rings (SSSR count). The molecular formula is C24H27NO3. The van der Waals surface area contributed by atoms with Gasteiger partial charge in [-0.3, -0.25) is 0 Å². The van der Waals surface area contributed by atoms with E-state index in [9.17, 15) is 0 Å². The summed E-state index contributed by atoms with van der Waals surface area (Å²) in [5.41, 5.74) is 2.17. The molecule has 146 valence electrons. The number of rotatable bonds is 10. The van der Waals surface area contributed by atoms with Crippen molar-refractivity contribution in [3.63, 3.8) is 0 Å². The van der Waals surface area contributed by atoms with E-state index >= 15 is 0 Å². The summed E-state index contributed by atoms with van der Waals surface area (Å²) in [5, 5.41) is 3.43. The Kier molecular flexibility index (Phi) is 7.19. The van der Waals surface area contributed by atoms with E-state index in [1.165, 1.54) is 0 Å². The third kappa shape index (κ3) is 5.68. The maximum absolute atomic E-state index is 5.83. The summed E-state index contributed by atoms with van der Waals surface area (Å²) in [6.07, 6.45) is 0.971. The SMILES string of the molecule is CCCOc1ccc(CNc2ccc(Oc3ccccc3)cc2)cc1OCC. The zero-order valence-corrected chi connectivity index (χ0v) is 16.5. The monoisotopic (exact) mass is 377 g/mol. The largest absolute Gasteiger partial charge is 0.490 e. The van der Waals surface area contributed by atoms with Crippen LogP contribution in [0, 0.1) is 0 Å². The minimum absolute atomic E-state index is 0.613. The van der Waals surface area contributed by atoms with Crippen LogP contribution in [-0.4, -0.2) is 13.2 Å². The predicted molar refractivity (Wildman–Crippen MR) is 114 cm³/mol. The quantitative estimate of drug-likeness (QED) is 0.451. The Morgan fingerprint density at radius 3 is 2.21 bits per heavy atom. The standard InChI is InChI=1S/C24H27NO3/c1-3-16-27-23-15-10-19(17-24(23)26-4-2)18-25-20-11-13-22(14-12-20)28-21-8-6-5-7-9-21/h5-15,17,25H,3-4,16,18H2,1-2H3. The lowest BCUT2D eigenvalue weighted by atomic mass is 10.2. The van der Waals surface area contributed by atoms with Gasteiger partial charge in [-0.15, -0.1) is 0 Å². The van der Waals surface area contributed by atoms with Gasteiger partial charge in [-0.25, -0.2) is 0 Å². The van der Waals surface area contributed by atoms with Gasteiger partial charge in [0, 0.05) is 12.2 Å². The number of benzene rings is 3. The molecule has 0 unspecified atom stereocenters. The van der Waals surface area contributed by atoms with Crippen molar-refractivity contribution in [2.24, 2.45) is 0 Å². The molecule has 4 heteroatoms. The molecule has 0 heterocycles. The Bertz CT molecular complexity index is 847. The lowest BCUT2D eigenvalue weighted by Gasteiger charge is -2.14. The number of hydrogen-bond donors (Lipinski definition) is 1. The summed E-state index contributed by atoms with van der Waals surface area (Å²) in [7, 11) is 0. The zero-order valence-electron chi connectivity index (χ0n) is 16.5. The first-order valence-corrected chi connectivity index (χ1v) is 9.74. The molecule has 0 atom stereocenters. The molecule has 0 aromatic heterocycles. The Morgan fingerprint density at radius 2 is 1.50 bits per heavy atom. The number of ether oxygens (including phenoxy) is 3. The smallest absolute Gasteiger partial charge is 0.161 e. The van der Waals surface area contributed by atoms with Gasteiger partial charge in [-0.05, 0) is 67.4 Å². The first kappa shape index (κ1) is 19.6. The van der Waals surface area contributed by atoms with E-state index < -0.39 is 0 Å². The molecule has 28 heavy (non-hydrogen) atoms. The van der Waals surface area contributed by atoms with Crippen LogP contribution in [-0.2, 0) is 6.54 Å². The van der Waals surface area contributed by atoms with E-state index in [1.807, 2.05) is 73.7 Å². The van der Waals surface area contributed by atoms with Gasteiger partial charge in [0.05, 0.1) is 13.2 Å². The van der Waals surface area contributed by atoms with Crippen LogP contribution >= 0.6 is 0 Å². The highest BCUT2D eigenvalue weighted by Crippen LogP contribution is 2.29. The summed E-state index contributed by atoms with van der Waals surface area (Å²) in [6.45, 7) is 6.08. The van der Waals surface area contributed by atoms with Crippen molar-refractivity contribution in [3.05, 3.63) is 78.4 Å². The van der Waals surface area contributed by atoms with Gasteiger partial charge in [-0.1, -0.05) is 31.2 Å². The number of para-hydroxylation sites is 1. The average Bonchev–Trinajstić information content (AvgIpc) is 2.73. The van der Waals surface area contributed by atoms with Gasteiger partial charge in [0.2, 0.25) is 0 Å². The van der Waals surface area contributed by atoms with Crippen LogP contribution in [0.3, 0.4) is 0 Å². The first-order chi connectivity index (χ1) is 13.8. The summed E-state index contributed by atoms with van der Waals surface area (Å²) >= 11 is 0. The van der Waals surface area contributed by atoms with Crippen molar-refractivity contribution >= 4 is 5.69 Å². The summed E-state index contributed by atoms with van der Waals surface area (Å²) in [5.74, 6) is 3.24. The molecule has 1 N–H and O–H groups in total. The van der Waals surface area contributed by atoms with Crippen molar-refractivity contribution < 1.29 is 14.2 Å². The van der Waals surface area contributed by atoms with E-state index in [-0.39, 0.29) is 0 Å². The molecule has 0 saturated heterocycles. The molecule has 0 radical (unpaired) electrons. The van der Waals surface area contributed by atoms with E-state index in [0.717, 1.165) is 40.7 Å². The molecule has 0 saturated carbocycles. The van der Waals surface area contributed by atoms with Gasteiger partial charge in [0.1, 0.15) is 11.5 Å². The molecule has 0 amide bonds. The van der Waals surface area contributed by atoms with Gasteiger partial charge >= 0.3 is 0 Å². The topological polar surface area (TPSA) is 39.7 Å². The van der Waals surface area contributed by atoms with Gasteiger partial charge in [0.15, 0.2) is 11.5 Å². The Morgan fingerprint density at radius 1 is 0.750 bits per heavy atom. The fourth-order valence-corrected chi connectivity index (χ4v) is 2.73. The van der Waals surface area contributed by atoms with Crippen LogP contribution in [0.5, 0.6) is 23.0 Å². The minimum atomic E-state index is 0.613. The number of hydrogen-bond acceptors (Lipinski definition) is 4. The summed E-state index contributed by atoms with van der Waals surface area (Å²) < 4.78 is 17.3. The van der Waals surface area contributed by atoms with Crippen molar-refractivity contribution in [3.8, 4) is 23.0 Å². The fourth-order valence-electron chi connectivity index (χ4n) is 2.73. The van der Waals surface area contributed by atoms with Gasteiger partial charge < -0.3 is 19.5 Å². The Balaban J connectivity index is 1.59. The number of nitrogens with one attached hydrogen (secondary N) is 1. The Hall–Kier alpha value is -3.14. The van der Waals surface area contributed by atoms with E-state index in [0.29, 0.717) is 19.8 Å². The number of anilines is 1. The zero-order chi connectivity index (χ0) is 19.6. The van der Waals surface area contributed by atoms with E-state index in [4.69, 9.17) is 14.2 Å². The maximum atomic E-state index is 5.83. The second kappa shape index (κ2) is 10.3. The highest BCUT2D eigenvalue weighted by molar-refractivity contribution is 5.49. The first-order valence-electron chi connectivity index (χ1n) is 9.74. The van der Waals surface area contributed by atoms with Crippen molar-refractivity contribution in [2.75, 3.05) is 18.5 Å². The predicted octanol–water partition coefficient (Wildman–Crippen LogP) is 6.28. The summed E-state index contributed by atoms with van der Waals surface area (Å²) in [6, 6.07) is 23.8. The normalized spacial score (nSPS) is 10.4. The molecular weight excluding hydrogens is 350 g/mol. The molecule has 0 fully saturated rings. The third-order valence-electron chi connectivity index (χ3n) is 4.10. The van der Waals surface area contributed by atoms with Crippen LogP contribution in [0.1, 0.15) is 25.8 Å². The molecule has 0 aliphatic carbocycles.